The summed E-state index contributed by atoms with van der Waals surface area (Å²) >= 11 is 5.50. The molecule has 1 nitrogen and oxygen atoms in total. The van der Waals surface area contributed by atoms with Gasteiger partial charge in [0, 0.05) is 11.6 Å². The zero-order valence-electron chi connectivity index (χ0n) is 10.9. The average molecular weight is 334 g/mol. The van der Waals surface area contributed by atoms with E-state index in [1.807, 2.05) is 6.92 Å². The van der Waals surface area contributed by atoms with Crippen molar-refractivity contribution in [1.82, 2.24) is 0 Å². The summed E-state index contributed by atoms with van der Waals surface area (Å²) in [4.78, 5) is 0. The van der Waals surface area contributed by atoms with Gasteiger partial charge in [-0.25, -0.2) is 4.39 Å². The van der Waals surface area contributed by atoms with E-state index in [-0.39, 0.29) is 18.0 Å². The van der Waals surface area contributed by atoms with Crippen LogP contribution in [0.15, 0.2) is 12.1 Å². The minimum atomic E-state index is -4.56. The molecule has 0 aromatic heterocycles. The lowest BCUT2D eigenvalue weighted by molar-refractivity contribution is -0.137. The van der Waals surface area contributed by atoms with Gasteiger partial charge in [-0.05, 0) is 18.6 Å². The molecule has 20 heavy (non-hydrogen) atoms. The second kappa shape index (κ2) is 8.05. The van der Waals surface area contributed by atoms with Crippen LogP contribution < -0.4 is 5.73 Å². The summed E-state index contributed by atoms with van der Waals surface area (Å²) in [5, 5.41) is -0.546. The third-order valence-corrected chi connectivity index (χ3v) is 3.18. The van der Waals surface area contributed by atoms with Gasteiger partial charge >= 0.3 is 6.18 Å². The van der Waals surface area contributed by atoms with Gasteiger partial charge < -0.3 is 5.73 Å². The van der Waals surface area contributed by atoms with E-state index in [0.29, 0.717) is 12.5 Å². The molecule has 7 heteroatoms. The number of rotatable bonds is 5. The molecule has 0 aliphatic carbocycles. The topological polar surface area (TPSA) is 26.0 Å². The molecule has 0 saturated heterocycles. The van der Waals surface area contributed by atoms with Crippen LogP contribution in [0.2, 0.25) is 5.02 Å². The van der Waals surface area contributed by atoms with Crippen molar-refractivity contribution in [1.29, 1.82) is 0 Å². The smallest absolute Gasteiger partial charge is 0.324 e. The molecule has 1 aromatic rings. The molecular formula is C13H17Cl2F4N. The fraction of sp³-hybridized carbons (Fsp3) is 0.538. The van der Waals surface area contributed by atoms with E-state index in [1.54, 1.807) is 0 Å². The van der Waals surface area contributed by atoms with Crippen molar-refractivity contribution in [3.8, 4) is 0 Å². The monoisotopic (exact) mass is 333 g/mol. The van der Waals surface area contributed by atoms with Gasteiger partial charge in [0.2, 0.25) is 0 Å². The second-order valence-electron chi connectivity index (χ2n) is 4.46. The minimum Gasteiger partial charge on any atom is -0.324 e. The Hall–Kier alpha value is -0.520. The zero-order valence-corrected chi connectivity index (χ0v) is 12.5. The Morgan fingerprint density at radius 3 is 2.35 bits per heavy atom. The number of halogens is 6. The second-order valence-corrected chi connectivity index (χ2v) is 4.87. The third-order valence-electron chi connectivity index (χ3n) is 2.90. The molecule has 0 bridgehead atoms. The molecule has 116 valence electrons. The van der Waals surface area contributed by atoms with E-state index < -0.39 is 28.6 Å². The number of hydrogen-bond donors (Lipinski definition) is 1. The highest BCUT2D eigenvalue weighted by Gasteiger charge is 2.32. The molecular weight excluding hydrogens is 317 g/mol. The Balaban J connectivity index is 0.00000361. The van der Waals surface area contributed by atoms with E-state index >= 15 is 0 Å². The summed E-state index contributed by atoms with van der Waals surface area (Å²) in [7, 11) is 0. The van der Waals surface area contributed by atoms with Gasteiger partial charge in [-0.15, -0.1) is 12.4 Å². The van der Waals surface area contributed by atoms with Crippen LogP contribution in [0.3, 0.4) is 0 Å². The third kappa shape index (κ3) is 5.11. The lowest BCUT2D eigenvalue weighted by Crippen LogP contribution is -2.15. The van der Waals surface area contributed by atoms with Crippen LogP contribution in [0.1, 0.15) is 49.8 Å². The molecule has 0 aliphatic heterocycles. The normalized spacial score (nSPS) is 12.9. The Kier molecular flexibility index (Phi) is 7.84. The number of nitrogens with two attached hydrogens (primary N) is 1. The summed E-state index contributed by atoms with van der Waals surface area (Å²) in [6.07, 6.45) is -1.52. The molecule has 0 spiro atoms. The SMILES string of the molecule is CCCCC[C@@H](N)c1cc(C(F)(F)F)cc(Cl)c1F.Cl. The van der Waals surface area contributed by atoms with Crippen molar-refractivity contribution in [3.05, 3.63) is 34.1 Å². The molecule has 0 amide bonds. The van der Waals surface area contributed by atoms with Crippen LogP contribution in [0.5, 0.6) is 0 Å². The van der Waals surface area contributed by atoms with Crippen LogP contribution in [0.4, 0.5) is 17.6 Å². The molecule has 1 aromatic carbocycles. The van der Waals surface area contributed by atoms with Gasteiger partial charge in [0.25, 0.3) is 0 Å². The van der Waals surface area contributed by atoms with E-state index in [0.717, 1.165) is 25.3 Å². The fourth-order valence-electron chi connectivity index (χ4n) is 1.81. The Labute approximate surface area is 126 Å². The van der Waals surface area contributed by atoms with Crippen molar-refractivity contribution in [3.63, 3.8) is 0 Å². The van der Waals surface area contributed by atoms with Crippen LogP contribution >= 0.6 is 24.0 Å². The molecule has 0 aliphatic rings. The zero-order chi connectivity index (χ0) is 14.6. The Bertz CT molecular complexity index is 435. The molecule has 0 heterocycles. The lowest BCUT2D eigenvalue weighted by Gasteiger charge is -2.16. The van der Waals surface area contributed by atoms with Crippen LogP contribution in [0, 0.1) is 5.82 Å². The quantitative estimate of drug-likeness (QED) is 0.558. The number of benzene rings is 1. The average Bonchev–Trinajstić information content (AvgIpc) is 2.31. The molecule has 1 atom stereocenters. The summed E-state index contributed by atoms with van der Waals surface area (Å²) < 4.78 is 51.6. The molecule has 0 fully saturated rings. The highest BCUT2D eigenvalue weighted by Crippen LogP contribution is 2.35. The van der Waals surface area contributed by atoms with Crippen LogP contribution in [0.25, 0.3) is 0 Å². The molecule has 0 unspecified atom stereocenters. The first kappa shape index (κ1) is 19.5. The standard InChI is InChI=1S/C13H16ClF4N.ClH/c1-2-3-4-5-11(19)9-6-8(13(16,17)18)7-10(14)12(9)15;/h6-7,11H,2-5,19H2,1H3;1H/t11-;/m1./s1. The Morgan fingerprint density at radius 1 is 1.25 bits per heavy atom. The van der Waals surface area contributed by atoms with E-state index in [2.05, 4.69) is 0 Å². The van der Waals surface area contributed by atoms with Crippen molar-refractivity contribution in [2.45, 2.75) is 44.8 Å². The first-order chi connectivity index (χ1) is 8.77. The van der Waals surface area contributed by atoms with Gasteiger partial charge in [0.15, 0.2) is 0 Å². The number of unbranched alkanes of at least 4 members (excludes halogenated alkanes) is 2. The summed E-state index contributed by atoms with van der Waals surface area (Å²) in [6, 6.07) is 0.558. The van der Waals surface area contributed by atoms with Gasteiger partial charge in [0.1, 0.15) is 5.82 Å². The maximum atomic E-state index is 13.8. The summed E-state index contributed by atoms with van der Waals surface area (Å²) in [5.41, 5.74) is 4.61. The highest BCUT2D eigenvalue weighted by atomic mass is 35.5. The number of hydrogen-bond acceptors (Lipinski definition) is 1. The fourth-order valence-corrected chi connectivity index (χ4v) is 2.04. The van der Waals surface area contributed by atoms with E-state index in [9.17, 15) is 17.6 Å². The van der Waals surface area contributed by atoms with Crippen molar-refractivity contribution < 1.29 is 17.6 Å². The van der Waals surface area contributed by atoms with Crippen LogP contribution in [-0.4, -0.2) is 0 Å². The van der Waals surface area contributed by atoms with Crippen molar-refractivity contribution in [2.24, 2.45) is 5.73 Å². The molecule has 0 saturated carbocycles. The van der Waals surface area contributed by atoms with Gasteiger partial charge in [0.05, 0.1) is 10.6 Å². The minimum absolute atomic E-state index is 0. The number of alkyl halides is 3. The highest BCUT2D eigenvalue weighted by molar-refractivity contribution is 6.30. The van der Waals surface area contributed by atoms with E-state index in [4.69, 9.17) is 17.3 Å². The predicted molar refractivity (Wildman–Crippen MR) is 74.7 cm³/mol. The van der Waals surface area contributed by atoms with Gasteiger partial charge in [-0.1, -0.05) is 37.8 Å². The maximum absolute atomic E-state index is 13.8. The summed E-state index contributed by atoms with van der Waals surface area (Å²) in [5.74, 6) is -0.862. The predicted octanol–water partition coefficient (Wildman–Crippen LogP) is 5.50. The van der Waals surface area contributed by atoms with Crippen molar-refractivity contribution >= 4 is 24.0 Å². The summed E-state index contributed by atoms with van der Waals surface area (Å²) in [6.45, 7) is 1.99. The molecule has 1 rings (SSSR count). The van der Waals surface area contributed by atoms with Gasteiger partial charge in [-0.3, -0.25) is 0 Å². The Morgan fingerprint density at radius 2 is 1.85 bits per heavy atom. The van der Waals surface area contributed by atoms with Crippen LogP contribution in [-0.2, 0) is 6.18 Å². The largest absolute Gasteiger partial charge is 0.416 e. The molecule has 0 radical (unpaired) electrons. The maximum Gasteiger partial charge on any atom is 0.416 e. The van der Waals surface area contributed by atoms with Gasteiger partial charge in [-0.2, -0.15) is 13.2 Å². The lowest BCUT2D eigenvalue weighted by atomic mass is 9.98. The molecule has 2 N–H and O–H groups in total. The van der Waals surface area contributed by atoms with Crippen molar-refractivity contribution in [2.75, 3.05) is 0 Å². The first-order valence-corrected chi connectivity index (χ1v) is 6.46. The van der Waals surface area contributed by atoms with E-state index in [1.165, 1.54) is 0 Å². The first-order valence-electron chi connectivity index (χ1n) is 6.09.